The smallest absolute Gasteiger partial charge is 0.318 e. The van der Waals surface area contributed by atoms with Crippen LogP contribution in [-0.4, -0.2) is 18.5 Å². The van der Waals surface area contributed by atoms with E-state index in [0.29, 0.717) is 18.0 Å². The Morgan fingerprint density at radius 3 is 2.04 bits per heavy atom. The Bertz CT molecular complexity index is 955. The maximum atomic E-state index is 12.8. The van der Waals surface area contributed by atoms with Crippen LogP contribution in [0.5, 0.6) is 11.5 Å². The zero-order chi connectivity index (χ0) is 19.3. The van der Waals surface area contributed by atoms with Crippen molar-refractivity contribution in [3.05, 3.63) is 95.6 Å². The van der Waals surface area contributed by atoms with E-state index in [4.69, 9.17) is 9.47 Å². The quantitative estimate of drug-likeness (QED) is 0.691. The van der Waals surface area contributed by atoms with E-state index in [0.717, 1.165) is 16.7 Å². The van der Waals surface area contributed by atoms with Crippen LogP contribution in [0, 0.1) is 0 Å². The van der Waals surface area contributed by atoms with E-state index in [9.17, 15) is 9.59 Å². The van der Waals surface area contributed by atoms with Crippen molar-refractivity contribution in [2.45, 2.75) is 12.5 Å². The molecule has 0 fully saturated rings. The lowest BCUT2D eigenvalue weighted by atomic mass is 9.88. The van der Waals surface area contributed by atoms with Gasteiger partial charge in [-0.2, -0.15) is 0 Å². The van der Waals surface area contributed by atoms with Crippen molar-refractivity contribution in [2.75, 3.05) is 6.61 Å². The van der Waals surface area contributed by atoms with Crippen LogP contribution in [0.2, 0.25) is 0 Å². The Morgan fingerprint density at radius 2 is 1.39 bits per heavy atom. The van der Waals surface area contributed by atoms with Crippen molar-refractivity contribution in [2.24, 2.45) is 0 Å². The van der Waals surface area contributed by atoms with E-state index in [1.54, 1.807) is 0 Å². The molecule has 28 heavy (non-hydrogen) atoms. The van der Waals surface area contributed by atoms with E-state index in [-0.39, 0.29) is 12.5 Å². The summed E-state index contributed by atoms with van der Waals surface area (Å²) in [6.45, 7) is 0.0630. The molecule has 140 valence electrons. The van der Waals surface area contributed by atoms with Crippen molar-refractivity contribution in [1.29, 1.82) is 0 Å². The van der Waals surface area contributed by atoms with Gasteiger partial charge >= 0.3 is 5.97 Å². The van der Waals surface area contributed by atoms with Gasteiger partial charge in [-0.3, -0.25) is 9.59 Å². The van der Waals surface area contributed by atoms with Gasteiger partial charge in [0.15, 0.2) is 6.61 Å². The molecule has 5 heteroatoms. The number of nitrogens with one attached hydrogen (secondary N) is 1. The van der Waals surface area contributed by atoms with Gasteiger partial charge in [0, 0.05) is 17.7 Å². The second kappa shape index (κ2) is 7.96. The molecule has 3 aromatic rings. The van der Waals surface area contributed by atoms with Gasteiger partial charge in [0.25, 0.3) is 5.91 Å². The summed E-state index contributed by atoms with van der Waals surface area (Å²) in [5.74, 6) is -0.194. The molecule has 0 bridgehead atoms. The molecule has 0 saturated carbocycles. The summed E-state index contributed by atoms with van der Waals surface area (Å²) in [4.78, 5) is 24.9. The second-order valence-corrected chi connectivity index (χ2v) is 6.48. The number of amides is 1. The van der Waals surface area contributed by atoms with Gasteiger partial charge in [0.1, 0.15) is 17.4 Å². The minimum Gasteiger partial charge on any atom is -0.457 e. The first kappa shape index (κ1) is 17.8. The highest BCUT2D eigenvalue weighted by Gasteiger charge is 2.33. The minimum absolute atomic E-state index is 0.326. The number of rotatable bonds is 5. The lowest BCUT2D eigenvalue weighted by Gasteiger charge is -2.26. The first-order valence-corrected chi connectivity index (χ1v) is 9.05. The van der Waals surface area contributed by atoms with Gasteiger partial charge in [-0.15, -0.1) is 0 Å². The SMILES string of the molecule is O=C(COC(=O)C1c2ccccc2Oc2ccccc21)NCc1ccccc1. The van der Waals surface area contributed by atoms with Crippen LogP contribution in [0.4, 0.5) is 0 Å². The second-order valence-electron chi connectivity index (χ2n) is 6.48. The molecular formula is C23H19NO4. The van der Waals surface area contributed by atoms with E-state index >= 15 is 0 Å². The average Bonchev–Trinajstić information content (AvgIpc) is 2.75. The molecule has 1 amide bonds. The summed E-state index contributed by atoms with van der Waals surface area (Å²) < 4.78 is 11.2. The monoisotopic (exact) mass is 373 g/mol. The van der Waals surface area contributed by atoms with Crippen molar-refractivity contribution >= 4 is 11.9 Å². The van der Waals surface area contributed by atoms with Gasteiger partial charge in [0.05, 0.1) is 0 Å². The highest BCUT2D eigenvalue weighted by Crippen LogP contribution is 2.44. The first-order chi connectivity index (χ1) is 13.7. The number of benzene rings is 3. The number of fused-ring (bicyclic) bond motifs is 2. The van der Waals surface area contributed by atoms with Crippen LogP contribution in [-0.2, 0) is 20.9 Å². The molecule has 5 nitrogen and oxygen atoms in total. The van der Waals surface area contributed by atoms with Crippen LogP contribution in [0.1, 0.15) is 22.6 Å². The number of hydrogen-bond donors (Lipinski definition) is 1. The van der Waals surface area contributed by atoms with E-state index in [2.05, 4.69) is 5.32 Å². The van der Waals surface area contributed by atoms with Crippen molar-refractivity contribution in [1.82, 2.24) is 5.32 Å². The fraction of sp³-hybridized carbons (Fsp3) is 0.130. The summed E-state index contributed by atoms with van der Waals surface area (Å²) in [6.07, 6.45) is 0. The zero-order valence-electron chi connectivity index (χ0n) is 15.1. The first-order valence-electron chi connectivity index (χ1n) is 9.05. The molecular weight excluding hydrogens is 354 g/mol. The summed E-state index contributed by atoms with van der Waals surface area (Å²) in [5.41, 5.74) is 2.45. The number of esters is 1. The normalized spacial score (nSPS) is 12.3. The van der Waals surface area contributed by atoms with Crippen LogP contribution in [0.25, 0.3) is 0 Å². The highest BCUT2D eigenvalue weighted by atomic mass is 16.5. The molecule has 0 spiro atoms. The maximum absolute atomic E-state index is 12.8. The summed E-state index contributed by atoms with van der Waals surface area (Å²) in [5, 5.41) is 2.75. The Hall–Kier alpha value is -3.60. The lowest BCUT2D eigenvalue weighted by Crippen LogP contribution is -2.30. The standard InChI is InChI=1S/C23H19NO4/c25-21(24-14-16-8-2-1-3-9-16)15-27-23(26)22-17-10-4-6-12-19(17)28-20-13-7-5-11-18(20)22/h1-13,22H,14-15H2,(H,24,25). The van der Waals surface area contributed by atoms with Gasteiger partial charge in [0.2, 0.25) is 0 Å². The molecule has 1 aliphatic rings. The Morgan fingerprint density at radius 1 is 0.821 bits per heavy atom. The third-order valence-electron chi connectivity index (χ3n) is 4.59. The fourth-order valence-electron chi connectivity index (χ4n) is 3.23. The van der Waals surface area contributed by atoms with E-state index < -0.39 is 11.9 Å². The summed E-state index contributed by atoms with van der Waals surface area (Å²) >= 11 is 0. The average molecular weight is 373 g/mol. The predicted molar refractivity (Wildman–Crippen MR) is 104 cm³/mol. The molecule has 0 aliphatic carbocycles. The van der Waals surface area contributed by atoms with Gasteiger partial charge in [-0.25, -0.2) is 0 Å². The van der Waals surface area contributed by atoms with Crippen LogP contribution >= 0.6 is 0 Å². The molecule has 0 aromatic heterocycles. The number of carbonyl (C=O) groups excluding carboxylic acids is 2. The number of carbonyl (C=O) groups is 2. The third-order valence-corrected chi connectivity index (χ3v) is 4.59. The van der Waals surface area contributed by atoms with Crippen molar-refractivity contribution < 1.29 is 19.1 Å². The lowest BCUT2D eigenvalue weighted by molar-refractivity contribution is -0.149. The van der Waals surface area contributed by atoms with Crippen molar-refractivity contribution in [3.8, 4) is 11.5 Å². The zero-order valence-corrected chi connectivity index (χ0v) is 15.1. The fourth-order valence-corrected chi connectivity index (χ4v) is 3.23. The molecule has 1 heterocycles. The summed E-state index contributed by atoms with van der Waals surface area (Å²) in [7, 11) is 0. The third kappa shape index (κ3) is 3.74. The van der Waals surface area contributed by atoms with Crippen molar-refractivity contribution in [3.63, 3.8) is 0 Å². The molecule has 4 rings (SSSR count). The largest absolute Gasteiger partial charge is 0.457 e. The minimum atomic E-state index is -0.622. The Labute approximate surface area is 162 Å². The number of para-hydroxylation sites is 2. The maximum Gasteiger partial charge on any atom is 0.318 e. The van der Waals surface area contributed by atoms with E-state index in [1.807, 2.05) is 78.9 Å². The van der Waals surface area contributed by atoms with Crippen LogP contribution in [0.15, 0.2) is 78.9 Å². The molecule has 3 aromatic carbocycles. The molecule has 0 radical (unpaired) electrons. The summed E-state index contributed by atoms with van der Waals surface area (Å²) in [6, 6.07) is 24.3. The number of hydrogen-bond acceptors (Lipinski definition) is 4. The van der Waals surface area contributed by atoms with Gasteiger partial charge < -0.3 is 14.8 Å². The Kier molecular flexibility index (Phi) is 5.06. The van der Waals surface area contributed by atoms with Crippen LogP contribution in [0.3, 0.4) is 0 Å². The van der Waals surface area contributed by atoms with Gasteiger partial charge in [-0.05, 0) is 17.7 Å². The van der Waals surface area contributed by atoms with Gasteiger partial charge in [-0.1, -0.05) is 66.7 Å². The highest BCUT2D eigenvalue weighted by molar-refractivity contribution is 5.87. The molecule has 0 atom stereocenters. The molecule has 1 aliphatic heterocycles. The number of ether oxygens (including phenoxy) is 2. The van der Waals surface area contributed by atoms with E-state index in [1.165, 1.54) is 0 Å². The molecule has 0 saturated heterocycles. The topological polar surface area (TPSA) is 64.6 Å². The van der Waals surface area contributed by atoms with Crippen LogP contribution < -0.4 is 10.1 Å². The molecule has 0 unspecified atom stereocenters. The Balaban J connectivity index is 1.44. The predicted octanol–water partition coefficient (Wildman–Crippen LogP) is 3.78. The molecule has 1 N–H and O–H groups in total.